The van der Waals surface area contributed by atoms with Crippen molar-refractivity contribution >= 4 is 962 Å². The number of benzene rings is 5. The Labute approximate surface area is 1120 Å². The Kier molecular flexibility index (Phi) is 119. The standard InChI is InChI=1S/C36H33BN2O2.S102/c1-35(2)36(3,4)41-37(40-35)26-19-21-29(22-20-26)38(27-13-7-5-8-14-27)30-23-24-34-32(25-30)31-17-11-12-18-33(31)39(34)28-15-9-6-10-16-28;1-3-5-7-9-11-13-15-17-19-21-23-25-27-29-31-33-35-37-39-41-43-45-47-49-51-53-55-57-59-61-63-65-67-69-71-73-75-77-79-81-83-85-87-89-91-93-95-97-99-101-102-100-98-96-94-92-90-88-86-84-82-80-78-76-74-72-70-68-66-64-62-60-58-56-54-52-50-48-46-44-42-40-38-36-34-32-30-28-26-24-22-20-18-16-14-12-10-8-6-4-2/h5-25H,1-4H3;. The van der Waals surface area contributed by atoms with Crippen molar-refractivity contribution in [3.05, 3.63) is 127 Å². The van der Waals surface area contributed by atoms with E-state index in [1.807, 2.05) is 764 Å². The summed E-state index contributed by atoms with van der Waals surface area (Å²) in [6.07, 6.45) is 0. The van der Waals surface area contributed by atoms with Gasteiger partial charge in [0.05, 0.1) is 22.2 Å². The largest absolute Gasteiger partial charge is 0.494 e. The average Bonchev–Trinajstić information content (AvgIpc) is 1.59. The molecule has 1 aliphatic rings. The first kappa shape index (κ1) is 150. The average molecular weight is 3810 g/mol. The molecule has 0 saturated carbocycles. The first-order valence-electron chi connectivity index (χ1n) is 31.1. The van der Waals surface area contributed by atoms with Crippen LogP contribution in [-0.4, -0.2) is 22.9 Å². The molecule has 107 heteroatoms. The van der Waals surface area contributed by atoms with Gasteiger partial charge in [0.15, 0.2) is 0 Å². The number of nitrogens with zero attached hydrogens (tertiary/aromatic N) is 2. The third kappa shape index (κ3) is 84.1. The molecule has 0 amide bonds. The molecular formula is C36H33BN2O2S102. The van der Waals surface area contributed by atoms with E-state index in [0.29, 0.717) is 0 Å². The number of hydrogen-bond acceptors (Lipinski definition) is 5. The van der Waals surface area contributed by atoms with Gasteiger partial charge >= 0.3 is 7.12 Å². The van der Waals surface area contributed by atoms with Gasteiger partial charge in [-0.2, -0.15) is 0 Å². The fourth-order valence-corrected chi connectivity index (χ4v) is 276. The highest BCUT2D eigenvalue weighted by Crippen LogP contribution is 2.40. The zero-order valence-electron chi connectivity index (χ0n) is 65.6. The van der Waals surface area contributed by atoms with E-state index in [2.05, 4.69) is 165 Å². The van der Waals surface area contributed by atoms with E-state index in [1.165, 1.54) is 39.6 Å². The van der Waals surface area contributed by atoms with Gasteiger partial charge < -0.3 is 18.8 Å². The van der Waals surface area contributed by atoms with Crippen molar-refractivity contribution in [1.82, 2.24) is 4.57 Å². The van der Waals surface area contributed by atoms with Gasteiger partial charge in [-0.1, -0.05) is 66.7 Å². The van der Waals surface area contributed by atoms with Crippen molar-refractivity contribution in [1.29, 1.82) is 0 Å². The van der Waals surface area contributed by atoms with Gasteiger partial charge in [0.25, 0.3) is 0 Å². The Balaban J connectivity index is 0.000000618. The Morgan fingerprint density at radius 2 is 0.364 bits per heavy atom. The molecule has 2 heterocycles. The molecule has 0 N–H and O–H groups in total. The summed E-state index contributed by atoms with van der Waals surface area (Å²) >= 11 is 9.66. The quantitative estimate of drug-likeness (QED) is 0.162. The summed E-state index contributed by atoms with van der Waals surface area (Å²) in [4.78, 5) is 2.31. The first-order chi connectivity index (χ1) is 70.7. The fourth-order valence-electron chi connectivity index (χ4n) is 6.85. The zero-order chi connectivity index (χ0) is 101. The number of anilines is 3. The minimum Gasteiger partial charge on any atom is -0.399 e. The van der Waals surface area contributed by atoms with E-state index in [4.69, 9.17) is 31.7 Å². The molecule has 6 aromatic rings. The van der Waals surface area contributed by atoms with E-state index in [-0.39, 0.29) is 18.3 Å². The van der Waals surface area contributed by atoms with Crippen molar-refractivity contribution in [2.45, 2.75) is 38.9 Å². The predicted octanol–water partition coefficient (Wildman–Crippen LogP) is 8.31. The van der Waals surface area contributed by atoms with Gasteiger partial charge in [0, 0.05) is 944 Å². The highest BCUT2D eigenvalue weighted by molar-refractivity contribution is 8.88. The van der Waals surface area contributed by atoms with Gasteiger partial charge in [-0.3, -0.25) is 0 Å². The molecule has 1 aromatic heterocycles. The van der Waals surface area contributed by atoms with Gasteiger partial charge in [0.2, 0.25) is 0 Å². The maximum atomic E-state index is 6.31. The van der Waals surface area contributed by atoms with Crippen molar-refractivity contribution in [2.24, 2.45) is 0 Å². The molecule has 4 nitrogen and oxygen atoms in total. The molecule has 143 heavy (non-hydrogen) atoms. The van der Waals surface area contributed by atoms with Crippen LogP contribution >= 0.6 is 0 Å². The minimum absolute atomic E-state index is 0.374. The molecular weight excluding hydrogens is 3770 g/mol. The summed E-state index contributed by atoms with van der Waals surface area (Å²) in [5.74, 6) is 0. The van der Waals surface area contributed by atoms with E-state index in [9.17, 15) is 0 Å². The second kappa shape index (κ2) is 113. The monoisotopic (exact) mass is 3800 g/mol. The Bertz CT molecular complexity index is 10600. The molecule has 0 spiro atoms. The molecule has 1 fully saturated rings. The third-order valence-electron chi connectivity index (χ3n) is 11.4. The highest BCUT2D eigenvalue weighted by Gasteiger charge is 2.51. The lowest BCUT2D eigenvalue weighted by Crippen LogP contribution is -2.41. The summed E-state index contributed by atoms with van der Waals surface area (Å²) in [6.45, 7) is 8.35. The Hall–Kier alpha value is 18.1. The van der Waals surface area contributed by atoms with Crippen LogP contribution < -0.4 is 10.4 Å². The van der Waals surface area contributed by atoms with Crippen LogP contribution in [0.3, 0.4) is 0 Å². The van der Waals surface area contributed by atoms with Gasteiger partial charge in [-0.15, -0.1) is 0 Å². The van der Waals surface area contributed by atoms with E-state index < -0.39 is 0 Å². The van der Waals surface area contributed by atoms with Crippen LogP contribution in [0.25, 0.3) is 27.5 Å². The number of para-hydroxylation sites is 3. The van der Waals surface area contributed by atoms with Crippen LogP contribution in [0.1, 0.15) is 27.7 Å². The predicted molar refractivity (Wildman–Crippen MR) is 922 cm³/mol. The van der Waals surface area contributed by atoms with Crippen LogP contribution in [-0.2, 0) is 920 Å². The fraction of sp³-hybridized carbons (Fsp3) is 0.167. The highest BCUT2D eigenvalue weighted by atomic mass is 33.6. The van der Waals surface area contributed by atoms with Crippen LogP contribution in [0.4, 0.5) is 17.1 Å². The van der Waals surface area contributed by atoms with Crippen LogP contribution in [0.2, 0.25) is 0 Å². The lowest BCUT2D eigenvalue weighted by Gasteiger charge is -2.32. The van der Waals surface area contributed by atoms with Gasteiger partial charge in [0.1, 0.15) is 0 Å². The second-order valence-corrected chi connectivity index (χ2v) is 195. The molecule has 0 radical (unpaired) electrons. The zero-order valence-corrected chi connectivity index (χ0v) is 149. The normalized spacial score (nSPS) is 10.2. The van der Waals surface area contributed by atoms with Crippen molar-refractivity contribution in [2.75, 3.05) is 4.90 Å². The summed E-state index contributed by atoms with van der Waals surface area (Å²) in [7, 11) is 181. The van der Waals surface area contributed by atoms with Crippen LogP contribution in [0, 0.1) is 0 Å². The van der Waals surface area contributed by atoms with E-state index in [1.54, 1.807) is 107 Å². The summed E-state index contributed by atoms with van der Waals surface area (Å²) in [6, 6.07) is 45.1. The molecule has 0 atom stereocenters. The van der Waals surface area contributed by atoms with E-state index >= 15 is 0 Å². The lowest BCUT2D eigenvalue weighted by molar-refractivity contribution is 0.00578. The van der Waals surface area contributed by atoms with Crippen molar-refractivity contribution in [3.63, 3.8) is 0 Å². The van der Waals surface area contributed by atoms with Crippen LogP contribution in [0.5, 0.6) is 0 Å². The van der Waals surface area contributed by atoms with Crippen LogP contribution in [0.15, 0.2) is 127 Å². The first-order valence-corrected chi connectivity index (χ1v) is 166. The molecule has 1 aliphatic heterocycles. The minimum atomic E-state index is -0.389. The Morgan fingerprint density at radius 3 is 0.580 bits per heavy atom. The SMILES string of the molecule is CC1(C)OB(c2ccc(N(c3ccccc3)c3ccc4c(c3)c3ccccc3n4-c3ccccc3)cc2)OC1(C)C.S=S=S=S=S=S=S=S=S=S=S=S=S=S=S=S=S=S=S=S=S=S=S=S=S=S=S=S=S=S=S=S=S=S=S=S=S=S=S=S=S=S=S=S=S=S=S=S=S=S=S=S=S=S=S=S=S=S=S=S=S=S=S=S=S=S=S=S=S=S=S=S=S=S=S=S=S=S=S=S=S=S=S=S=S=S=S=S=S=S=S=S=S=S=S=S=S=S=S=S=S=S. The molecule has 0 unspecified atom stereocenters. The number of aromatic nitrogens is 1. The molecule has 814 valence electrons. The molecule has 7 rings (SSSR count). The van der Waals surface area contributed by atoms with Gasteiger partial charge in [-0.25, -0.2) is 0 Å². The smallest absolute Gasteiger partial charge is 0.399 e. The summed E-state index contributed by atoms with van der Waals surface area (Å²) in [5.41, 5.74) is 7.08. The summed E-state index contributed by atoms with van der Waals surface area (Å²) in [5, 5.41) is 2.45. The van der Waals surface area contributed by atoms with E-state index in [0.717, 1.165) is 28.2 Å². The topological polar surface area (TPSA) is 26.6 Å². The molecule has 5 aromatic carbocycles. The number of hydrogen-bond donors (Lipinski definition) is 0. The maximum absolute atomic E-state index is 6.31. The number of fused-ring (bicyclic) bond motifs is 3. The summed E-state index contributed by atoms with van der Waals surface area (Å²) < 4.78 is 15.0. The van der Waals surface area contributed by atoms with Crippen molar-refractivity contribution < 1.29 is 9.31 Å². The van der Waals surface area contributed by atoms with Crippen molar-refractivity contribution in [3.8, 4) is 5.69 Å². The molecule has 1 saturated heterocycles. The third-order valence-corrected chi connectivity index (χ3v) is 231. The Morgan fingerprint density at radius 1 is 0.189 bits per heavy atom. The van der Waals surface area contributed by atoms with Gasteiger partial charge in [-0.05, 0) is 93.8 Å². The maximum Gasteiger partial charge on any atom is 0.494 e. The molecule has 0 bridgehead atoms. The lowest BCUT2D eigenvalue weighted by atomic mass is 9.79. The second-order valence-electron chi connectivity index (χ2n) is 18.5. The number of rotatable bonds is 5. The molecule has 0 aliphatic carbocycles.